The van der Waals surface area contributed by atoms with E-state index in [2.05, 4.69) is 19.2 Å². The molecular weight excluding hydrogens is 174 g/mol. The molecule has 76 valence electrons. The minimum atomic E-state index is 0. The summed E-state index contributed by atoms with van der Waals surface area (Å²) in [6.45, 7) is 9.77. The van der Waals surface area contributed by atoms with E-state index in [1.165, 1.54) is 39.8 Å². The molecule has 2 nitrogen and oxygen atoms in total. The molecule has 0 unspecified atom stereocenters. The number of hydrogen-bond donors (Lipinski definition) is 1. The van der Waals surface area contributed by atoms with Crippen LogP contribution in [0.5, 0.6) is 0 Å². The van der Waals surface area contributed by atoms with Gasteiger partial charge < -0.3 is 10.1 Å². The summed E-state index contributed by atoms with van der Waals surface area (Å²) in [7, 11) is 0. The molecule has 12 heavy (non-hydrogen) atoms. The van der Waals surface area contributed by atoms with Gasteiger partial charge in [0.05, 0.1) is 0 Å². The molecule has 0 aliphatic rings. The van der Waals surface area contributed by atoms with Crippen LogP contribution in [-0.2, 0) is 4.79 Å². The summed E-state index contributed by atoms with van der Waals surface area (Å²) in [6, 6.07) is 0. The van der Waals surface area contributed by atoms with Crippen molar-refractivity contribution in [1.82, 2.24) is 5.32 Å². The van der Waals surface area contributed by atoms with E-state index >= 15 is 0 Å². The Morgan fingerprint density at radius 2 is 1.33 bits per heavy atom. The van der Waals surface area contributed by atoms with Crippen LogP contribution in [0.1, 0.15) is 40.5 Å². The first-order valence-electron chi connectivity index (χ1n) is 4.33. The van der Waals surface area contributed by atoms with Crippen LogP contribution in [-0.4, -0.2) is 18.9 Å². The highest BCUT2D eigenvalue weighted by molar-refractivity contribution is 5.85. The number of nitrogens with one attached hydrogen (secondary N) is 1. The molecule has 0 heterocycles. The first-order valence-corrected chi connectivity index (χ1v) is 4.33. The van der Waals surface area contributed by atoms with Crippen LogP contribution in [0, 0.1) is 0 Å². The summed E-state index contributed by atoms with van der Waals surface area (Å²) >= 11 is 0. The fourth-order valence-electron chi connectivity index (χ4n) is 0.479. The predicted molar refractivity (Wildman–Crippen MR) is 57.1 cm³/mol. The van der Waals surface area contributed by atoms with Crippen LogP contribution in [0.3, 0.4) is 0 Å². The highest BCUT2D eigenvalue weighted by atomic mass is 35.5. The van der Waals surface area contributed by atoms with Crippen molar-refractivity contribution in [2.45, 2.75) is 40.5 Å². The summed E-state index contributed by atoms with van der Waals surface area (Å²) in [5.41, 5.74) is 0. The third-order valence-electron chi connectivity index (χ3n) is 0.854. The van der Waals surface area contributed by atoms with Crippen molar-refractivity contribution in [3.8, 4) is 0 Å². The van der Waals surface area contributed by atoms with Gasteiger partial charge in [0.15, 0.2) is 0 Å². The van der Waals surface area contributed by atoms with Gasteiger partial charge in [-0.1, -0.05) is 13.8 Å². The molecule has 1 N–H and O–H groups in total. The van der Waals surface area contributed by atoms with Crippen LogP contribution >= 0.6 is 12.4 Å². The van der Waals surface area contributed by atoms with Gasteiger partial charge >= 0.3 is 0 Å². The van der Waals surface area contributed by atoms with Crippen LogP contribution in [0.25, 0.3) is 0 Å². The Hall–Kier alpha value is -0.0800. The summed E-state index contributed by atoms with van der Waals surface area (Å²) in [5, 5.41) is 3.28. The summed E-state index contributed by atoms with van der Waals surface area (Å²) < 4.78 is 0. The average Bonchev–Trinajstić information content (AvgIpc) is 1.88. The molecule has 0 aromatic carbocycles. The summed E-state index contributed by atoms with van der Waals surface area (Å²) in [5.74, 6) is 0.167. The Morgan fingerprint density at radius 3 is 1.50 bits per heavy atom. The van der Waals surface area contributed by atoms with Gasteiger partial charge in [-0.3, -0.25) is 0 Å². The van der Waals surface area contributed by atoms with Crippen LogP contribution in [0.4, 0.5) is 0 Å². The van der Waals surface area contributed by atoms with E-state index in [0.717, 1.165) is 0 Å². The van der Waals surface area contributed by atoms with E-state index in [0.29, 0.717) is 0 Å². The number of hydrogen-bond acceptors (Lipinski definition) is 2. The highest BCUT2D eigenvalue weighted by Gasteiger charge is 1.76. The minimum absolute atomic E-state index is 0. The standard InChI is InChI=1S/C6H15N.C3H6O.ClH/c1-3-5-7-6-4-2;1-3(2)4;/h7H,3-6H2,1-2H3;1-2H3;1H. The smallest absolute Gasteiger partial charge is 0.126 e. The highest BCUT2D eigenvalue weighted by Crippen LogP contribution is 1.71. The SMILES string of the molecule is CC(C)=O.CCCNCCC.Cl. The molecule has 0 aliphatic heterocycles. The Bertz CT molecular complexity index is 78.6. The lowest BCUT2D eigenvalue weighted by atomic mass is 10.4. The van der Waals surface area contributed by atoms with E-state index in [1.54, 1.807) is 0 Å². The fraction of sp³-hybridized carbons (Fsp3) is 0.889. The molecule has 0 saturated carbocycles. The van der Waals surface area contributed by atoms with E-state index in [9.17, 15) is 4.79 Å². The average molecular weight is 196 g/mol. The van der Waals surface area contributed by atoms with Crippen molar-refractivity contribution in [1.29, 1.82) is 0 Å². The number of rotatable bonds is 4. The molecule has 0 aromatic heterocycles. The van der Waals surface area contributed by atoms with E-state index in [1.807, 2.05) is 0 Å². The Labute approximate surface area is 82.5 Å². The molecule has 0 spiro atoms. The van der Waals surface area contributed by atoms with Gasteiger partial charge in [0.2, 0.25) is 0 Å². The lowest BCUT2D eigenvalue weighted by molar-refractivity contribution is -0.114. The van der Waals surface area contributed by atoms with Gasteiger partial charge in [-0.15, -0.1) is 12.4 Å². The van der Waals surface area contributed by atoms with Gasteiger partial charge in [0.25, 0.3) is 0 Å². The quantitative estimate of drug-likeness (QED) is 0.699. The van der Waals surface area contributed by atoms with Gasteiger partial charge in [0, 0.05) is 0 Å². The lowest BCUT2D eigenvalue weighted by Gasteiger charge is -1.95. The molecule has 0 amide bonds. The normalized spacial score (nSPS) is 7.67. The lowest BCUT2D eigenvalue weighted by Crippen LogP contribution is -2.14. The Morgan fingerprint density at radius 1 is 1.08 bits per heavy atom. The van der Waals surface area contributed by atoms with Crippen molar-refractivity contribution >= 4 is 18.2 Å². The molecule has 0 radical (unpaired) electrons. The van der Waals surface area contributed by atoms with Gasteiger partial charge in [-0.05, 0) is 39.8 Å². The van der Waals surface area contributed by atoms with Crippen molar-refractivity contribution in [3.63, 3.8) is 0 Å². The summed E-state index contributed by atoms with van der Waals surface area (Å²) in [6.07, 6.45) is 2.50. The minimum Gasteiger partial charge on any atom is -0.317 e. The fourth-order valence-corrected chi connectivity index (χ4v) is 0.479. The van der Waals surface area contributed by atoms with Crippen molar-refractivity contribution < 1.29 is 4.79 Å². The number of carbonyl (C=O) groups is 1. The summed E-state index contributed by atoms with van der Waals surface area (Å²) in [4.78, 5) is 9.44. The van der Waals surface area contributed by atoms with Crippen LogP contribution in [0.15, 0.2) is 0 Å². The molecule has 0 bridgehead atoms. The van der Waals surface area contributed by atoms with E-state index in [4.69, 9.17) is 0 Å². The maximum atomic E-state index is 9.44. The molecule has 0 aliphatic carbocycles. The zero-order valence-corrected chi connectivity index (χ0v) is 9.46. The third-order valence-corrected chi connectivity index (χ3v) is 0.854. The first kappa shape index (κ1) is 17.9. The molecule has 0 fully saturated rings. The second-order valence-corrected chi connectivity index (χ2v) is 2.66. The van der Waals surface area contributed by atoms with Crippen LogP contribution in [0.2, 0.25) is 0 Å². The van der Waals surface area contributed by atoms with E-state index in [-0.39, 0.29) is 18.2 Å². The zero-order valence-electron chi connectivity index (χ0n) is 8.64. The molecule has 0 rings (SSSR count). The molecule has 0 saturated heterocycles. The van der Waals surface area contributed by atoms with Crippen molar-refractivity contribution in [2.75, 3.05) is 13.1 Å². The Kier molecular flexibility index (Phi) is 25.5. The zero-order chi connectivity index (χ0) is 9.11. The number of halogens is 1. The van der Waals surface area contributed by atoms with E-state index < -0.39 is 0 Å². The van der Waals surface area contributed by atoms with Gasteiger partial charge in [0.1, 0.15) is 5.78 Å². The topological polar surface area (TPSA) is 29.1 Å². The largest absolute Gasteiger partial charge is 0.317 e. The van der Waals surface area contributed by atoms with Crippen LogP contribution < -0.4 is 5.32 Å². The number of ketones is 1. The second-order valence-electron chi connectivity index (χ2n) is 2.66. The molecular formula is C9H22ClNO. The maximum absolute atomic E-state index is 9.44. The van der Waals surface area contributed by atoms with Gasteiger partial charge in [-0.2, -0.15) is 0 Å². The first-order chi connectivity index (χ1) is 5.15. The van der Waals surface area contributed by atoms with Crippen molar-refractivity contribution in [3.05, 3.63) is 0 Å². The monoisotopic (exact) mass is 195 g/mol. The number of carbonyl (C=O) groups excluding carboxylic acids is 1. The number of Topliss-reactive ketones (excluding diaryl/α,β-unsaturated/α-hetero) is 1. The molecule has 3 heteroatoms. The predicted octanol–water partition coefficient (Wildman–Crippen LogP) is 2.41. The molecule has 0 aromatic rings. The second kappa shape index (κ2) is 17.1. The van der Waals surface area contributed by atoms with Crippen molar-refractivity contribution in [2.24, 2.45) is 0 Å². The van der Waals surface area contributed by atoms with Gasteiger partial charge in [-0.25, -0.2) is 0 Å². The Balaban J connectivity index is -0.000000142. The third kappa shape index (κ3) is 51.4. The molecule has 0 atom stereocenters. The maximum Gasteiger partial charge on any atom is 0.126 e.